The fourth-order valence-corrected chi connectivity index (χ4v) is 3.29. The number of hydrogen-bond acceptors (Lipinski definition) is 3. The Balaban J connectivity index is 2.37. The van der Waals surface area contributed by atoms with Crippen molar-refractivity contribution in [2.24, 2.45) is 5.92 Å². The predicted octanol–water partition coefficient (Wildman–Crippen LogP) is 3.92. The maximum Gasteiger partial charge on any atom is 0.162 e. The van der Waals surface area contributed by atoms with Gasteiger partial charge in [-0.1, -0.05) is 42.6 Å². The molecule has 106 valence electrons. The maximum atomic E-state index is 5.69. The molecule has 1 aliphatic rings. The molecule has 0 bridgehead atoms. The summed E-state index contributed by atoms with van der Waals surface area (Å²) >= 11 is 3.67. The van der Waals surface area contributed by atoms with Crippen LogP contribution in [0.1, 0.15) is 38.3 Å². The minimum atomic E-state index is 0.334. The Hall–Kier alpha value is -0.740. The Bertz CT molecular complexity index is 432. The molecule has 1 N–H and O–H groups in total. The SMILES string of the molecule is CCC(CC)C(NC)c1cc2c(cc1Br)OCCO2. The molecule has 0 saturated heterocycles. The van der Waals surface area contributed by atoms with Crippen molar-refractivity contribution in [1.82, 2.24) is 5.32 Å². The molecule has 0 spiro atoms. The summed E-state index contributed by atoms with van der Waals surface area (Å²) in [5.74, 6) is 2.31. The zero-order chi connectivity index (χ0) is 13.8. The van der Waals surface area contributed by atoms with E-state index in [1.807, 2.05) is 13.1 Å². The van der Waals surface area contributed by atoms with Crippen molar-refractivity contribution in [2.75, 3.05) is 20.3 Å². The van der Waals surface area contributed by atoms with Crippen LogP contribution in [0.2, 0.25) is 0 Å². The number of ether oxygens (including phenoxy) is 2. The zero-order valence-electron chi connectivity index (χ0n) is 11.8. The van der Waals surface area contributed by atoms with Gasteiger partial charge in [0.25, 0.3) is 0 Å². The van der Waals surface area contributed by atoms with Crippen molar-refractivity contribution < 1.29 is 9.47 Å². The zero-order valence-corrected chi connectivity index (χ0v) is 13.4. The molecule has 0 amide bonds. The Morgan fingerprint density at radius 1 is 1.16 bits per heavy atom. The van der Waals surface area contributed by atoms with E-state index in [0.29, 0.717) is 25.2 Å². The smallest absolute Gasteiger partial charge is 0.162 e. The topological polar surface area (TPSA) is 30.5 Å². The molecular weight excluding hydrogens is 306 g/mol. The largest absolute Gasteiger partial charge is 0.486 e. The van der Waals surface area contributed by atoms with E-state index >= 15 is 0 Å². The van der Waals surface area contributed by atoms with Gasteiger partial charge in [-0.3, -0.25) is 0 Å². The molecule has 19 heavy (non-hydrogen) atoms. The van der Waals surface area contributed by atoms with E-state index in [4.69, 9.17) is 9.47 Å². The van der Waals surface area contributed by atoms with Gasteiger partial charge in [-0.15, -0.1) is 0 Å². The summed E-state index contributed by atoms with van der Waals surface area (Å²) in [6, 6.07) is 4.47. The van der Waals surface area contributed by atoms with Crippen LogP contribution in [0.4, 0.5) is 0 Å². The Morgan fingerprint density at radius 3 is 2.26 bits per heavy atom. The number of rotatable bonds is 5. The average molecular weight is 328 g/mol. The second-order valence-corrected chi connectivity index (χ2v) is 5.71. The third-order valence-electron chi connectivity index (χ3n) is 3.83. The normalized spacial score (nSPS) is 15.6. The summed E-state index contributed by atoms with van der Waals surface area (Å²) in [4.78, 5) is 0. The first-order chi connectivity index (χ1) is 9.21. The van der Waals surface area contributed by atoms with E-state index in [-0.39, 0.29) is 0 Å². The fourth-order valence-electron chi connectivity index (χ4n) is 2.72. The van der Waals surface area contributed by atoms with Gasteiger partial charge in [0.2, 0.25) is 0 Å². The molecule has 1 aromatic rings. The second-order valence-electron chi connectivity index (χ2n) is 4.86. The molecule has 0 aliphatic carbocycles. The lowest BCUT2D eigenvalue weighted by Gasteiger charge is -2.28. The van der Waals surface area contributed by atoms with E-state index in [2.05, 4.69) is 41.2 Å². The molecule has 1 aromatic carbocycles. The van der Waals surface area contributed by atoms with Crippen molar-refractivity contribution in [3.8, 4) is 11.5 Å². The first-order valence-corrected chi connectivity index (χ1v) is 7.76. The summed E-state index contributed by atoms with van der Waals surface area (Å²) in [6.07, 6.45) is 2.31. The highest BCUT2D eigenvalue weighted by atomic mass is 79.9. The number of halogens is 1. The van der Waals surface area contributed by atoms with Crippen molar-refractivity contribution >= 4 is 15.9 Å². The molecule has 0 saturated carbocycles. The predicted molar refractivity (Wildman–Crippen MR) is 81.0 cm³/mol. The van der Waals surface area contributed by atoms with Crippen molar-refractivity contribution in [3.63, 3.8) is 0 Å². The van der Waals surface area contributed by atoms with E-state index in [9.17, 15) is 0 Å². The van der Waals surface area contributed by atoms with Gasteiger partial charge in [0.15, 0.2) is 11.5 Å². The summed E-state index contributed by atoms with van der Waals surface area (Å²) < 4.78 is 12.4. The van der Waals surface area contributed by atoms with Gasteiger partial charge in [-0.05, 0) is 30.7 Å². The van der Waals surface area contributed by atoms with Crippen LogP contribution in [0, 0.1) is 5.92 Å². The van der Waals surface area contributed by atoms with E-state index in [1.54, 1.807) is 0 Å². The van der Waals surface area contributed by atoms with Crippen LogP contribution in [-0.2, 0) is 0 Å². The van der Waals surface area contributed by atoms with Crippen molar-refractivity contribution in [2.45, 2.75) is 32.7 Å². The van der Waals surface area contributed by atoms with E-state index in [1.165, 1.54) is 5.56 Å². The first kappa shape index (κ1) is 14.7. The lowest BCUT2D eigenvalue weighted by Crippen LogP contribution is -2.25. The highest BCUT2D eigenvalue weighted by Gasteiger charge is 2.24. The third-order valence-corrected chi connectivity index (χ3v) is 4.51. The Morgan fingerprint density at radius 2 is 1.74 bits per heavy atom. The summed E-state index contributed by atoms with van der Waals surface area (Å²) in [5.41, 5.74) is 1.25. The monoisotopic (exact) mass is 327 g/mol. The molecule has 0 aromatic heterocycles. The fraction of sp³-hybridized carbons (Fsp3) is 0.600. The number of nitrogens with one attached hydrogen (secondary N) is 1. The molecule has 1 heterocycles. The first-order valence-electron chi connectivity index (χ1n) is 6.97. The standard InChI is InChI=1S/C15H22BrNO2/c1-4-10(5-2)15(17-3)11-8-13-14(9-12(11)16)19-7-6-18-13/h8-10,15,17H,4-7H2,1-3H3. The quantitative estimate of drug-likeness (QED) is 0.889. The number of fused-ring (bicyclic) bond motifs is 1. The third kappa shape index (κ3) is 3.06. The molecule has 0 fully saturated rings. The van der Waals surface area contributed by atoms with Crippen molar-refractivity contribution in [3.05, 3.63) is 22.2 Å². The average Bonchev–Trinajstić information content (AvgIpc) is 2.44. The van der Waals surface area contributed by atoms with Crippen molar-refractivity contribution in [1.29, 1.82) is 0 Å². The molecule has 3 nitrogen and oxygen atoms in total. The molecule has 1 aliphatic heterocycles. The summed E-state index contributed by atoms with van der Waals surface area (Å²) in [7, 11) is 2.02. The molecular formula is C15H22BrNO2. The van der Waals surface area contributed by atoms with Gasteiger partial charge < -0.3 is 14.8 Å². The lowest BCUT2D eigenvalue weighted by molar-refractivity contribution is 0.171. The summed E-state index contributed by atoms with van der Waals surface area (Å²) in [6.45, 7) is 5.74. The minimum absolute atomic E-state index is 0.334. The van der Waals surface area contributed by atoms with Crippen LogP contribution < -0.4 is 14.8 Å². The highest BCUT2D eigenvalue weighted by Crippen LogP contribution is 2.40. The van der Waals surface area contributed by atoms with Gasteiger partial charge >= 0.3 is 0 Å². The second kappa shape index (κ2) is 6.62. The Labute approximate surface area is 123 Å². The van der Waals surface area contributed by atoms with Crippen LogP contribution in [0.15, 0.2) is 16.6 Å². The minimum Gasteiger partial charge on any atom is -0.486 e. The van der Waals surface area contributed by atoms with Gasteiger partial charge in [0, 0.05) is 10.5 Å². The Kier molecular flexibility index (Phi) is 5.11. The molecule has 2 rings (SSSR count). The van der Waals surface area contributed by atoms with Gasteiger partial charge in [-0.25, -0.2) is 0 Å². The molecule has 1 atom stereocenters. The molecule has 0 radical (unpaired) electrons. The van der Waals surface area contributed by atoms with E-state index in [0.717, 1.165) is 28.8 Å². The number of hydrogen-bond donors (Lipinski definition) is 1. The van der Waals surface area contributed by atoms with Crippen LogP contribution in [0.5, 0.6) is 11.5 Å². The lowest BCUT2D eigenvalue weighted by atomic mass is 9.89. The van der Waals surface area contributed by atoms with Crippen LogP contribution in [0.25, 0.3) is 0 Å². The van der Waals surface area contributed by atoms with E-state index < -0.39 is 0 Å². The van der Waals surface area contributed by atoms with Gasteiger partial charge in [-0.2, -0.15) is 0 Å². The maximum absolute atomic E-state index is 5.69. The highest BCUT2D eigenvalue weighted by molar-refractivity contribution is 9.10. The van der Waals surface area contributed by atoms with Crippen LogP contribution in [-0.4, -0.2) is 20.3 Å². The van der Waals surface area contributed by atoms with Gasteiger partial charge in [0.05, 0.1) is 0 Å². The van der Waals surface area contributed by atoms with Gasteiger partial charge in [0.1, 0.15) is 13.2 Å². The molecule has 4 heteroatoms. The molecule has 1 unspecified atom stereocenters. The van der Waals surface area contributed by atoms with Crippen LogP contribution in [0.3, 0.4) is 0 Å². The van der Waals surface area contributed by atoms with Crippen LogP contribution >= 0.6 is 15.9 Å². The number of benzene rings is 1. The summed E-state index contributed by atoms with van der Waals surface area (Å²) in [5, 5.41) is 3.44.